The number of rotatable bonds is 11. The van der Waals surface area contributed by atoms with Gasteiger partial charge in [0.2, 0.25) is 5.91 Å². The molecule has 0 saturated heterocycles. The average Bonchev–Trinajstić information content (AvgIpc) is 3.39. The molecule has 1 aromatic heterocycles. The first-order valence-corrected chi connectivity index (χ1v) is 12.0. The normalized spacial score (nSPS) is 12.7. The summed E-state index contributed by atoms with van der Waals surface area (Å²) in [5.41, 5.74) is 10.5. The van der Waals surface area contributed by atoms with E-state index < -0.39 is 17.9 Å². The van der Waals surface area contributed by atoms with Gasteiger partial charge in [-0.3, -0.25) is 14.6 Å². The number of carboxylic acids is 1. The molecule has 180 valence electrons. The van der Waals surface area contributed by atoms with Crippen LogP contribution >= 0.6 is 11.3 Å². The molecule has 5 N–H and O–H groups in total. The molecule has 0 fully saturated rings. The molecule has 0 aliphatic carbocycles. The van der Waals surface area contributed by atoms with Gasteiger partial charge in [-0.1, -0.05) is 54.1 Å². The third kappa shape index (κ3) is 7.75. The fraction of sp³-hybridized carbons (Fsp3) is 0.185. The number of aliphatic carboxylic acids is 1. The third-order valence-corrected chi connectivity index (χ3v) is 6.22. The minimum atomic E-state index is -1.05. The van der Waals surface area contributed by atoms with Crippen LogP contribution in [0.3, 0.4) is 0 Å². The summed E-state index contributed by atoms with van der Waals surface area (Å²) in [5.74, 6) is -1.48. The number of aliphatic imine (C=N–C) groups is 1. The number of thiophene rings is 1. The van der Waals surface area contributed by atoms with Crippen LogP contribution in [0.4, 0.5) is 5.69 Å². The van der Waals surface area contributed by atoms with Gasteiger partial charge >= 0.3 is 5.97 Å². The highest BCUT2D eigenvalue weighted by atomic mass is 32.1. The molecule has 1 atom stereocenters. The highest BCUT2D eigenvalue weighted by Gasteiger charge is 2.22. The van der Waals surface area contributed by atoms with Gasteiger partial charge in [0.25, 0.3) is 0 Å². The summed E-state index contributed by atoms with van der Waals surface area (Å²) < 4.78 is 0. The Bertz CT molecular complexity index is 1220. The van der Waals surface area contributed by atoms with Crippen molar-refractivity contribution in [3.8, 4) is 0 Å². The minimum absolute atomic E-state index is 0.169. The summed E-state index contributed by atoms with van der Waals surface area (Å²) in [4.78, 5) is 29.0. The number of benzene rings is 2. The van der Waals surface area contributed by atoms with E-state index in [1.807, 2.05) is 79.0 Å². The van der Waals surface area contributed by atoms with Crippen LogP contribution < -0.4 is 11.1 Å². The van der Waals surface area contributed by atoms with Gasteiger partial charge in [-0.2, -0.15) is 0 Å². The first-order chi connectivity index (χ1) is 16.8. The number of nitrogens with zero attached hydrogens (tertiary/aromatic N) is 1. The van der Waals surface area contributed by atoms with Crippen LogP contribution in [0.2, 0.25) is 0 Å². The lowest BCUT2D eigenvalue weighted by Gasteiger charge is -2.22. The Hall–Kier alpha value is -4.04. The van der Waals surface area contributed by atoms with Gasteiger partial charge in [0.05, 0.1) is 23.9 Å². The maximum Gasteiger partial charge on any atom is 0.303 e. The van der Waals surface area contributed by atoms with E-state index in [2.05, 4.69) is 10.3 Å². The van der Waals surface area contributed by atoms with Gasteiger partial charge in [0.15, 0.2) is 0 Å². The second-order valence-corrected chi connectivity index (χ2v) is 8.95. The SMILES string of the molecule is Cc1ccc(C(N)=C(C=Nc2ccccc2)C(CC(=N)c2cccs2)NC(=O)CCC(=O)O)cc1. The van der Waals surface area contributed by atoms with Crippen LogP contribution in [-0.2, 0) is 9.59 Å². The van der Waals surface area contributed by atoms with E-state index in [1.54, 1.807) is 6.21 Å². The van der Waals surface area contributed by atoms with Crippen LogP contribution in [0.5, 0.6) is 0 Å². The molecule has 0 aliphatic rings. The second-order valence-electron chi connectivity index (χ2n) is 8.00. The van der Waals surface area contributed by atoms with Crippen molar-refractivity contribution >= 4 is 46.5 Å². The van der Waals surface area contributed by atoms with Gasteiger partial charge in [-0.25, -0.2) is 0 Å². The minimum Gasteiger partial charge on any atom is -0.481 e. The van der Waals surface area contributed by atoms with E-state index >= 15 is 0 Å². The summed E-state index contributed by atoms with van der Waals surface area (Å²) in [6, 6.07) is 20.1. The van der Waals surface area contributed by atoms with E-state index in [1.165, 1.54) is 11.3 Å². The van der Waals surface area contributed by atoms with Crippen molar-refractivity contribution in [2.75, 3.05) is 0 Å². The summed E-state index contributed by atoms with van der Waals surface area (Å²) in [5, 5.41) is 22.4. The molecule has 7 nitrogen and oxygen atoms in total. The van der Waals surface area contributed by atoms with Crippen molar-refractivity contribution < 1.29 is 14.7 Å². The Labute approximate surface area is 208 Å². The quantitative estimate of drug-likeness (QED) is 0.285. The van der Waals surface area contributed by atoms with Crippen molar-refractivity contribution in [1.82, 2.24) is 5.32 Å². The zero-order chi connectivity index (χ0) is 25.2. The Balaban J connectivity index is 2.03. The molecule has 1 unspecified atom stereocenters. The maximum atomic E-state index is 12.7. The van der Waals surface area contributed by atoms with Crippen molar-refractivity contribution in [3.63, 3.8) is 0 Å². The smallest absolute Gasteiger partial charge is 0.303 e. The Morgan fingerprint density at radius 3 is 2.43 bits per heavy atom. The maximum absolute atomic E-state index is 12.7. The fourth-order valence-corrected chi connectivity index (χ4v) is 4.07. The molecule has 0 spiro atoms. The van der Waals surface area contributed by atoms with E-state index in [4.69, 9.17) is 16.2 Å². The van der Waals surface area contributed by atoms with Crippen LogP contribution in [0.15, 0.2) is 82.7 Å². The lowest BCUT2D eigenvalue weighted by molar-refractivity contribution is -0.138. The van der Waals surface area contributed by atoms with Crippen LogP contribution in [0.1, 0.15) is 35.3 Å². The first kappa shape index (κ1) is 25.6. The van der Waals surface area contributed by atoms with E-state index in [0.717, 1.165) is 16.0 Å². The van der Waals surface area contributed by atoms with Gasteiger partial charge < -0.3 is 21.6 Å². The van der Waals surface area contributed by atoms with E-state index in [-0.39, 0.29) is 19.3 Å². The molecule has 0 bridgehead atoms. The Morgan fingerprint density at radius 1 is 1.09 bits per heavy atom. The third-order valence-electron chi connectivity index (χ3n) is 5.29. The standard InChI is InChI=1S/C27H28N4O3S/c1-18-9-11-19(12-10-18)27(29)21(17-30-20-6-3-2-4-7-20)23(31-25(32)13-14-26(33)34)16-22(28)24-8-5-15-35-24/h2-12,15,17,23,28H,13-14,16,29H2,1H3,(H,31,32)(H,33,34). The number of nitrogens with one attached hydrogen (secondary N) is 2. The number of carboxylic acid groups (broad SMARTS) is 1. The summed E-state index contributed by atoms with van der Waals surface area (Å²) in [6.07, 6.45) is 1.33. The van der Waals surface area contributed by atoms with Gasteiger partial charge in [-0.05, 0) is 36.1 Å². The van der Waals surface area contributed by atoms with Gasteiger partial charge in [0, 0.05) is 35.2 Å². The van der Waals surface area contributed by atoms with Gasteiger partial charge in [0.1, 0.15) is 0 Å². The molecule has 3 rings (SSSR count). The molecular formula is C27H28N4O3S. The van der Waals surface area contributed by atoms with Crippen molar-refractivity contribution in [2.45, 2.75) is 32.2 Å². The summed E-state index contributed by atoms with van der Waals surface area (Å²) in [6.45, 7) is 1.98. The lowest BCUT2D eigenvalue weighted by Crippen LogP contribution is -2.39. The number of para-hydroxylation sites is 1. The Morgan fingerprint density at radius 2 is 1.80 bits per heavy atom. The number of hydrogen-bond donors (Lipinski definition) is 4. The fourth-order valence-electron chi connectivity index (χ4n) is 3.39. The molecule has 2 aromatic carbocycles. The molecule has 3 aromatic rings. The van der Waals surface area contributed by atoms with Crippen molar-refractivity contribution in [3.05, 3.63) is 93.7 Å². The molecule has 8 heteroatoms. The molecule has 0 radical (unpaired) electrons. The monoisotopic (exact) mass is 488 g/mol. The van der Waals surface area contributed by atoms with Crippen molar-refractivity contribution in [1.29, 1.82) is 5.41 Å². The number of aryl methyl sites for hydroxylation is 1. The van der Waals surface area contributed by atoms with E-state index in [9.17, 15) is 9.59 Å². The van der Waals surface area contributed by atoms with Crippen molar-refractivity contribution in [2.24, 2.45) is 10.7 Å². The topological polar surface area (TPSA) is 129 Å². The Kier molecular flexibility index (Phi) is 9.09. The number of carbonyl (C=O) groups is 2. The number of amides is 1. The van der Waals surface area contributed by atoms with E-state index in [0.29, 0.717) is 22.7 Å². The molecule has 1 amide bonds. The van der Waals surface area contributed by atoms with Crippen LogP contribution in [-0.4, -0.2) is 35.0 Å². The second kappa shape index (κ2) is 12.4. The summed E-state index contributed by atoms with van der Waals surface area (Å²) >= 11 is 1.44. The van der Waals surface area contributed by atoms with Gasteiger partial charge in [-0.15, -0.1) is 11.3 Å². The number of hydrogen-bond acceptors (Lipinski definition) is 6. The predicted molar refractivity (Wildman–Crippen MR) is 141 cm³/mol. The molecule has 1 heterocycles. The number of carbonyl (C=O) groups excluding carboxylic acids is 1. The lowest BCUT2D eigenvalue weighted by atomic mass is 9.95. The number of nitrogens with two attached hydrogens (primary N) is 1. The molecule has 0 aliphatic heterocycles. The average molecular weight is 489 g/mol. The highest BCUT2D eigenvalue weighted by molar-refractivity contribution is 7.12. The largest absolute Gasteiger partial charge is 0.481 e. The first-order valence-electron chi connectivity index (χ1n) is 11.1. The van der Waals surface area contributed by atoms with Crippen LogP contribution in [0.25, 0.3) is 5.70 Å². The zero-order valence-corrected chi connectivity index (χ0v) is 20.2. The highest BCUT2D eigenvalue weighted by Crippen LogP contribution is 2.22. The predicted octanol–water partition coefficient (Wildman–Crippen LogP) is 4.94. The molecule has 35 heavy (non-hydrogen) atoms. The molecule has 0 saturated carbocycles. The summed E-state index contributed by atoms with van der Waals surface area (Å²) in [7, 11) is 0. The van der Waals surface area contributed by atoms with Crippen LogP contribution in [0, 0.1) is 12.3 Å². The zero-order valence-electron chi connectivity index (χ0n) is 19.4. The molecular weight excluding hydrogens is 460 g/mol.